The van der Waals surface area contributed by atoms with Crippen LogP contribution < -0.4 is 0 Å². The zero-order valence-electron chi connectivity index (χ0n) is 12.2. The van der Waals surface area contributed by atoms with Crippen molar-refractivity contribution in [2.45, 2.75) is 6.54 Å². The summed E-state index contributed by atoms with van der Waals surface area (Å²) in [6, 6.07) is 13.7. The molecule has 0 radical (unpaired) electrons. The number of aromatic nitrogens is 2. The maximum absolute atomic E-state index is 12.5. The Labute approximate surface area is 155 Å². The summed E-state index contributed by atoms with van der Waals surface area (Å²) < 4.78 is 3.63. The number of carbonyl (C=O) groups is 1. The molecular formula is C16H13Br2N3OS. The van der Waals surface area contributed by atoms with Gasteiger partial charge in [-0.3, -0.25) is 4.79 Å². The van der Waals surface area contributed by atoms with E-state index in [1.807, 2.05) is 53.3 Å². The van der Waals surface area contributed by atoms with E-state index < -0.39 is 0 Å². The van der Waals surface area contributed by atoms with E-state index in [0.29, 0.717) is 11.4 Å². The maximum Gasteiger partial charge on any atom is 0.264 e. The van der Waals surface area contributed by atoms with Gasteiger partial charge in [-0.15, -0.1) is 11.3 Å². The Bertz CT molecular complexity index is 809. The van der Waals surface area contributed by atoms with Crippen LogP contribution in [0.5, 0.6) is 0 Å². The molecule has 0 aliphatic heterocycles. The van der Waals surface area contributed by atoms with Gasteiger partial charge in [0, 0.05) is 17.7 Å². The molecule has 0 spiro atoms. The highest BCUT2D eigenvalue weighted by molar-refractivity contribution is 9.13. The van der Waals surface area contributed by atoms with Crippen molar-refractivity contribution in [1.29, 1.82) is 0 Å². The van der Waals surface area contributed by atoms with Crippen LogP contribution in [0.2, 0.25) is 0 Å². The minimum Gasteiger partial charge on any atom is -0.335 e. The van der Waals surface area contributed by atoms with Gasteiger partial charge in [-0.25, -0.2) is 4.68 Å². The number of amides is 1. The second-order valence-electron chi connectivity index (χ2n) is 4.98. The molecule has 0 aliphatic carbocycles. The number of rotatable bonds is 4. The molecule has 0 N–H and O–H groups in total. The van der Waals surface area contributed by atoms with Crippen molar-refractivity contribution < 1.29 is 4.79 Å². The lowest BCUT2D eigenvalue weighted by atomic mass is 10.3. The first-order chi connectivity index (χ1) is 11.0. The van der Waals surface area contributed by atoms with E-state index in [0.717, 1.165) is 19.6 Å². The predicted molar refractivity (Wildman–Crippen MR) is 99.1 cm³/mol. The highest BCUT2D eigenvalue weighted by Gasteiger charge is 2.17. The highest BCUT2D eigenvalue weighted by atomic mass is 79.9. The first-order valence-electron chi connectivity index (χ1n) is 6.85. The molecule has 0 atom stereocenters. The Balaban J connectivity index is 1.72. The van der Waals surface area contributed by atoms with Gasteiger partial charge < -0.3 is 4.90 Å². The third-order valence-corrected chi connectivity index (χ3v) is 6.51. The predicted octanol–water partition coefficient (Wildman–Crippen LogP) is 4.73. The van der Waals surface area contributed by atoms with Crippen LogP contribution in [0.3, 0.4) is 0 Å². The van der Waals surface area contributed by atoms with Crippen molar-refractivity contribution in [3.05, 3.63) is 67.5 Å². The summed E-state index contributed by atoms with van der Waals surface area (Å²) in [5.41, 5.74) is 1.85. The van der Waals surface area contributed by atoms with Gasteiger partial charge in [-0.2, -0.15) is 5.10 Å². The zero-order chi connectivity index (χ0) is 16.4. The lowest BCUT2D eigenvalue weighted by Gasteiger charge is -2.14. The van der Waals surface area contributed by atoms with Gasteiger partial charge in [-0.05, 0) is 56.1 Å². The number of halogens is 2. The van der Waals surface area contributed by atoms with Crippen LogP contribution in [0.1, 0.15) is 15.4 Å². The molecular weight excluding hydrogens is 442 g/mol. The van der Waals surface area contributed by atoms with Crippen molar-refractivity contribution in [3.63, 3.8) is 0 Å². The second-order valence-corrected chi connectivity index (χ2v) is 8.21. The van der Waals surface area contributed by atoms with Crippen LogP contribution in [-0.4, -0.2) is 27.6 Å². The maximum atomic E-state index is 12.5. The Morgan fingerprint density at radius 1 is 1.26 bits per heavy atom. The third kappa shape index (κ3) is 3.73. The van der Waals surface area contributed by atoms with Crippen molar-refractivity contribution in [1.82, 2.24) is 14.7 Å². The summed E-state index contributed by atoms with van der Waals surface area (Å²) in [4.78, 5) is 14.8. The quantitative estimate of drug-likeness (QED) is 0.571. The monoisotopic (exact) mass is 453 g/mol. The number of hydrogen-bond acceptors (Lipinski definition) is 3. The molecule has 118 valence electrons. The molecule has 4 nitrogen and oxygen atoms in total. The van der Waals surface area contributed by atoms with Gasteiger partial charge in [-0.1, -0.05) is 18.2 Å². The molecule has 0 fully saturated rings. The molecule has 7 heteroatoms. The van der Waals surface area contributed by atoms with Crippen LogP contribution in [0.25, 0.3) is 5.69 Å². The van der Waals surface area contributed by atoms with Crippen molar-refractivity contribution in [3.8, 4) is 5.69 Å². The van der Waals surface area contributed by atoms with E-state index >= 15 is 0 Å². The Morgan fingerprint density at radius 2 is 2.00 bits per heavy atom. The Kier molecular flexibility index (Phi) is 4.99. The smallest absolute Gasteiger partial charge is 0.264 e. The lowest BCUT2D eigenvalue weighted by Crippen LogP contribution is -2.25. The normalized spacial score (nSPS) is 10.7. The molecule has 0 saturated carbocycles. The van der Waals surface area contributed by atoms with Gasteiger partial charge in [0.05, 0.1) is 26.6 Å². The Hall–Kier alpha value is -1.44. The van der Waals surface area contributed by atoms with E-state index in [9.17, 15) is 4.79 Å². The fourth-order valence-corrected chi connectivity index (χ4v) is 4.16. The van der Waals surface area contributed by atoms with Gasteiger partial charge in [0.25, 0.3) is 5.91 Å². The SMILES string of the molecule is CN(Cc1ccn(-c2ccccc2)n1)C(=O)c1cc(Br)c(Br)s1. The number of benzene rings is 1. The van der Waals surface area contributed by atoms with Crippen LogP contribution in [-0.2, 0) is 6.54 Å². The average Bonchev–Trinajstić information content (AvgIpc) is 3.15. The fourth-order valence-electron chi connectivity index (χ4n) is 2.13. The first-order valence-corrected chi connectivity index (χ1v) is 9.25. The molecule has 3 aromatic rings. The van der Waals surface area contributed by atoms with Crippen molar-refractivity contribution in [2.24, 2.45) is 0 Å². The largest absolute Gasteiger partial charge is 0.335 e. The molecule has 0 bridgehead atoms. The molecule has 0 unspecified atom stereocenters. The summed E-state index contributed by atoms with van der Waals surface area (Å²) >= 11 is 8.24. The van der Waals surface area contributed by atoms with Crippen LogP contribution >= 0.6 is 43.2 Å². The van der Waals surface area contributed by atoms with E-state index in [1.165, 1.54) is 11.3 Å². The molecule has 2 aromatic heterocycles. The minimum atomic E-state index is -0.0179. The summed E-state index contributed by atoms with van der Waals surface area (Å²) in [6.07, 6.45) is 1.90. The van der Waals surface area contributed by atoms with E-state index in [-0.39, 0.29) is 5.91 Å². The number of thiophene rings is 1. The van der Waals surface area contributed by atoms with Crippen molar-refractivity contribution in [2.75, 3.05) is 7.05 Å². The standard InChI is InChI=1S/C16H13Br2N3OS/c1-20(16(22)14-9-13(17)15(18)23-14)10-11-7-8-21(19-11)12-5-3-2-4-6-12/h2-9H,10H2,1H3. The first kappa shape index (κ1) is 16.4. The van der Waals surface area contributed by atoms with E-state index in [1.54, 1.807) is 11.9 Å². The molecule has 2 heterocycles. The van der Waals surface area contributed by atoms with E-state index in [4.69, 9.17) is 0 Å². The molecule has 23 heavy (non-hydrogen) atoms. The summed E-state index contributed by atoms with van der Waals surface area (Å²) in [6.45, 7) is 0.464. The lowest BCUT2D eigenvalue weighted by molar-refractivity contribution is 0.0788. The topological polar surface area (TPSA) is 38.1 Å². The van der Waals surface area contributed by atoms with E-state index in [2.05, 4.69) is 37.0 Å². The molecule has 1 amide bonds. The van der Waals surface area contributed by atoms with Crippen molar-refractivity contribution >= 4 is 49.1 Å². The third-order valence-electron chi connectivity index (χ3n) is 3.27. The van der Waals surface area contributed by atoms with Gasteiger partial charge in [0.15, 0.2) is 0 Å². The van der Waals surface area contributed by atoms with Gasteiger partial charge in [0.1, 0.15) is 0 Å². The van der Waals surface area contributed by atoms with Crippen LogP contribution in [0, 0.1) is 0 Å². The molecule has 3 rings (SSSR count). The molecule has 0 saturated heterocycles. The van der Waals surface area contributed by atoms with Gasteiger partial charge in [0.2, 0.25) is 0 Å². The second kappa shape index (κ2) is 6.98. The number of nitrogens with zero attached hydrogens (tertiary/aromatic N) is 3. The van der Waals surface area contributed by atoms with Gasteiger partial charge >= 0.3 is 0 Å². The molecule has 1 aromatic carbocycles. The fraction of sp³-hybridized carbons (Fsp3) is 0.125. The van der Waals surface area contributed by atoms with Crippen LogP contribution in [0.4, 0.5) is 0 Å². The summed E-state index contributed by atoms with van der Waals surface area (Å²) in [5, 5.41) is 4.53. The molecule has 0 aliphatic rings. The highest BCUT2D eigenvalue weighted by Crippen LogP contribution is 2.33. The summed E-state index contributed by atoms with van der Waals surface area (Å²) in [7, 11) is 1.78. The minimum absolute atomic E-state index is 0.0179. The summed E-state index contributed by atoms with van der Waals surface area (Å²) in [5.74, 6) is -0.0179. The van der Waals surface area contributed by atoms with Crippen LogP contribution in [0.15, 0.2) is 56.9 Å². The number of para-hydroxylation sites is 1. The Morgan fingerprint density at radius 3 is 2.65 bits per heavy atom. The average molecular weight is 455 g/mol. The zero-order valence-corrected chi connectivity index (χ0v) is 16.2. The number of hydrogen-bond donors (Lipinski definition) is 0. The number of carbonyl (C=O) groups excluding carboxylic acids is 1.